The number of hydrogen-bond donors (Lipinski definition) is 1. The highest BCUT2D eigenvalue weighted by Crippen LogP contribution is 2.21. The van der Waals surface area contributed by atoms with Gasteiger partial charge in [0.25, 0.3) is 0 Å². The van der Waals surface area contributed by atoms with E-state index in [0.29, 0.717) is 13.2 Å². The van der Waals surface area contributed by atoms with Crippen molar-refractivity contribution < 1.29 is 13.2 Å². The molecule has 0 amide bonds. The summed E-state index contributed by atoms with van der Waals surface area (Å²) in [6.07, 6.45) is 3.05. The fourth-order valence-corrected chi connectivity index (χ4v) is 4.58. The quantitative estimate of drug-likeness (QED) is 0.680. The lowest BCUT2D eigenvalue weighted by atomic mass is 10.1. The smallest absolute Gasteiger partial charge is 0.214 e. The summed E-state index contributed by atoms with van der Waals surface area (Å²) < 4.78 is 31.4. The summed E-state index contributed by atoms with van der Waals surface area (Å²) in [6, 6.07) is 0.106. The molecule has 0 aromatic carbocycles. The minimum Gasteiger partial charge on any atom is -0.383 e. The molecule has 1 aliphatic rings. The van der Waals surface area contributed by atoms with Crippen LogP contribution in [-0.2, 0) is 14.8 Å². The van der Waals surface area contributed by atoms with E-state index in [0.717, 1.165) is 32.4 Å². The largest absolute Gasteiger partial charge is 0.383 e. The Balaban J connectivity index is 2.56. The minimum atomic E-state index is -3.11. The number of piperidine rings is 1. The van der Waals surface area contributed by atoms with Gasteiger partial charge in [-0.25, -0.2) is 8.42 Å². The average molecular weight is 292 g/mol. The number of sulfonamides is 1. The molecule has 0 radical (unpaired) electrons. The molecule has 1 unspecified atom stereocenters. The molecule has 0 aromatic rings. The highest BCUT2D eigenvalue weighted by Gasteiger charge is 2.32. The Morgan fingerprint density at radius 3 is 2.74 bits per heavy atom. The van der Waals surface area contributed by atoms with Crippen LogP contribution >= 0.6 is 0 Å². The molecule has 1 rings (SSSR count). The van der Waals surface area contributed by atoms with Gasteiger partial charge < -0.3 is 10.1 Å². The van der Waals surface area contributed by atoms with Gasteiger partial charge in [0, 0.05) is 32.8 Å². The van der Waals surface area contributed by atoms with Crippen LogP contribution in [0, 0.1) is 5.92 Å². The van der Waals surface area contributed by atoms with Crippen molar-refractivity contribution in [2.24, 2.45) is 5.92 Å². The van der Waals surface area contributed by atoms with Gasteiger partial charge in [0.15, 0.2) is 0 Å². The SMILES string of the molecule is COCCNCC1CCCCN1S(=O)(=O)CC(C)C. The van der Waals surface area contributed by atoms with Crippen molar-refractivity contribution in [3.05, 3.63) is 0 Å². The van der Waals surface area contributed by atoms with Crippen LogP contribution < -0.4 is 5.32 Å². The molecule has 5 nitrogen and oxygen atoms in total. The van der Waals surface area contributed by atoms with Crippen molar-refractivity contribution >= 4 is 10.0 Å². The Morgan fingerprint density at radius 2 is 2.11 bits per heavy atom. The van der Waals surface area contributed by atoms with E-state index < -0.39 is 10.0 Å². The molecule has 0 bridgehead atoms. The Kier molecular flexibility index (Phi) is 7.28. The first-order valence-electron chi connectivity index (χ1n) is 7.16. The number of methoxy groups -OCH3 is 1. The molecule has 0 saturated carbocycles. The molecule has 114 valence electrons. The van der Waals surface area contributed by atoms with Gasteiger partial charge in [0.05, 0.1) is 12.4 Å². The third kappa shape index (κ3) is 5.77. The van der Waals surface area contributed by atoms with Crippen LogP contribution in [0.3, 0.4) is 0 Å². The summed E-state index contributed by atoms with van der Waals surface area (Å²) in [5.74, 6) is 0.427. The van der Waals surface area contributed by atoms with E-state index in [2.05, 4.69) is 5.32 Å². The molecule has 19 heavy (non-hydrogen) atoms. The van der Waals surface area contributed by atoms with Crippen LogP contribution in [0.25, 0.3) is 0 Å². The molecular weight excluding hydrogens is 264 g/mol. The minimum absolute atomic E-state index is 0.106. The predicted molar refractivity (Wildman–Crippen MR) is 77.7 cm³/mol. The molecule has 6 heteroatoms. The van der Waals surface area contributed by atoms with E-state index in [-0.39, 0.29) is 17.7 Å². The van der Waals surface area contributed by atoms with Crippen molar-refractivity contribution in [1.82, 2.24) is 9.62 Å². The van der Waals surface area contributed by atoms with Gasteiger partial charge in [-0.3, -0.25) is 0 Å². The summed E-state index contributed by atoms with van der Waals surface area (Å²) in [7, 11) is -1.44. The lowest BCUT2D eigenvalue weighted by Gasteiger charge is -2.35. The predicted octanol–water partition coefficient (Wildman–Crippen LogP) is 1.06. The van der Waals surface area contributed by atoms with E-state index >= 15 is 0 Å². The van der Waals surface area contributed by atoms with Gasteiger partial charge in [0.1, 0.15) is 0 Å². The number of nitrogens with one attached hydrogen (secondary N) is 1. The summed E-state index contributed by atoms with van der Waals surface area (Å²) in [5, 5.41) is 3.28. The summed E-state index contributed by atoms with van der Waals surface area (Å²) in [4.78, 5) is 0. The Bertz CT molecular complexity index is 344. The summed E-state index contributed by atoms with van der Waals surface area (Å²) in [5.41, 5.74) is 0. The van der Waals surface area contributed by atoms with E-state index in [1.807, 2.05) is 13.8 Å². The zero-order valence-electron chi connectivity index (χ0n) is 12.4. The fraction of sp³-hybridized carbons (Fsp3) is 1.00. The maximum atomic E-state index is 12.4. The lowest BCUT2D eigenvalue weighted by molar-refractivity contribution is 0.191. The van der Waals surface area contributed by atoms with Crippen molar-refractivity contribution in [1.29, 1.82) is 0 Å². The lowest BCUT2D eigenvalue weighted by Crippen LogP contribution is -2.49. The van der Waals surface area contributed by atoms with Gasteiger partial charge in [-0.1, -0.05) is 20.3 Å². The van der Waals surface area contributed by atoms with Crippen LogP contribution in [0.15, 0.2) is 0 Å². The van der Waals surface area contributed by atoms with Crippen LogP contribution in [-0.4, -0.2) is 57.9 Å². The molecule has 0 aliphatic carbocycles. The monoisotopic (exact) mass is 292 g/mol. The molecule has 1 saturated heterocycles. The Hall–Kier alpha value is -0.170. The Morgan fingerprint density at radius 1 is 1.37 bits per heavy atom. The maximum absolute atomic E-state index is 12.4. The van der Waals surface area contributed by atoms with E-state index in [1.165, 1.54) is 0 Å². The second-order valence-corrected chi connectivity index (χ2v) is 7.60. The zero-order chi connectivity index (χ0) is 14.3. The molecule has 0 aromatic heterocycles. The second kappa shape index (κ2) is 8.19. The van der Waals surface area contributed by atoms with Gasteiger partial charge >= 0.3 is 0 Å². The zero-order valence-corrected chi connectivity index (χ0v) is 13.2. The maximum Gasteiger partial charge on any atom is 0.214 e. The van der Waals surface area contributed by atoms with E-state index in [9.17, 15) is 8.42 Å². The average Bonchev–Trinajstić information content (AvgIpc) is 2.33. The fourth-order valence-electron chi connectivity index (χ4n) is 2.50. The normalized spacial score (nSPS) is 22.0. The highest BCUT2D eigenvalue weighted by atomic mass is 32.2. The number of rotatable bonds is 8. The molecule has 1 heterocycles. The third-order valence-corrected chi connectivity index (χ3v) is 5.62. The number of hydrogen-bond acceptors (Lipinski definition) is 4. The Labute approximate surface area is 117 Å². The second-order valence-electron chi connectivity index (χ2n) is 5.63. The van der Waals surface area contributed by atoms with E-state index in [4.69, 9.17) is 4.74 Å². The van der Waals surface area contributed by atoms with Crippen LogP contribution in [0.1, 0.15) is 33.1 Å². The first kappa shape index (κ1) is 16.9. The van der Waals surface area contributed by atoms with Crippen molar-refractivity contribution in [2.45, 2.75) is 39.2 Å². The van der Waals surface area contributed by atoms with Crippen molar-refractivity contribution in [2.75, 3.05) is 39.1 Å². The number of ether oxygens (including phenoxy) is 1. The van der Waals surface area contributed by atoms with Crippen LogP contribution in [0.4, 0.5) is 0 Å². The highest BCUT2D eigenvalue weighted by molar-refractivity contribution is 7.89. The van der Waals surface area contributed by atoms with Crippen molar-refractivity contribution in [3.63, 3.8) is 0 Å². The van der Waals surface area contributed by atoms with Crippen LogP contribution in [0.5, 0.6) is 0 Å². The van der Waals surface area contributed by atoms with E-state index in [1.54, 1.807) is 11.4 Å². The molecule has 1 atom stereocenters. The molecule has 0 spiro atoms. The first-order valence-corrected chi connectivity index (χ1v) is 8.77. The third-order valence-electron chi connectivity index (χ3n) is 3.34. The van der Waals surface area contributed by atoms with Gasteiger partial charge in [-0.05, 0) is 18.8 Å². The van der Waals surface area contributed by atoms with Crippen molar-refractivity contribution in [3.8, 4) is 0 Å². The summed E-state index contributed by atoms with van der Waals surface area (Å²) >= 11 is 0. The molecule has 1 aliphatic heterocycles. The van der Waals surface area contributed by atoms with Gasteiger partial charge in [-0.2, -0.15) is 4.31 Å². The first-order chi connectivity index (χ1) is 8.97. The summed E-state index contributed by atoms with van der Waals surface area (Å²) in [6.45, 7) is 6.73. The molecule has 1 fully saturated rings. The molecule has 1 N–H and O–H groups in total. The standard InChI is InChI=1S/C13H28N2O3S/c1-12(2)11-19(16,17)15-8-5-4-6-13(15)10-14-7-9-18-3/h12-14H,4-11H2,1-3H3. The topological polar surface area (TPSA) is 58.6 Å². The van der Waals surface area contributed by atoms with Gasteiger partial charge in [0.2, 0.25) is 10.0 Å². The number of nitrogens with zero attached hydrogens (tertiary/aromatic N) is 1. The van der Waals surface area contributed by atoms with Crippen LogP contribution in [0.2, 0.25) is 0 Å². The molecular formula is C13H28N2O3S. The van der Waals surface area contributed by atoms with Gasteiger partial charge in [-0.15, -0.1) is 0 Å².